The Morgan fingerprint density at radius 1 is 0.714 bits per heavy atom. The van der Waals surface area contributed by atoms with Gasteiger partial charge in [0.25, 0.3) is 0 Å². The van der Waals surface area contributed by atoms with E-state index in [2.05, 4.69) is 4.74 Å². The minimum Gasteiger partial charge on any atom is -0.360 e. The second-order valence-corrected chi connectivity index (χ2v) is 4.88. The highest BCUT2D eigenvalue weighted by atomic mass is 19.4. The maximum absolute atomic E-state index is 13.4. The molecule has 0 aliphatic heterocycles. The lowest BCUT2D eigenvalue weighted by molar-refractivity contribution is -0.428. The summed E-state index contributed by atoms with van der Waals surface area (Å²) in [5, 5.41) is 0. The van der Waals surface area contributed by atoms with E-state index in [9.17, 15) is 43.9 Å². The van der Waals surface area contributed by atoms with Crippen LogP contribution < -0.4 is 0 Å². The molecule has 0 amide bonds. The maximum atomic E-state index is 13.4. The van der Waals surface area contributed by atoms with E-state index in [0.29, 0.717) is 0 Å². The van der Waals surface area contributed by atoms with Crippen molar-refractivity contribution < 1.29 is 48.6 Å². The van der Waals surface area contributed by atoms with Crippen molar-refractivity contribution in [3.05, 3.63) is 0 Å². The van der Waals surface area contributed by atoms with Gasteiger partial charge in [-0.15, -0.1) is 0 Å². The van der Waals surface area contributed by atoms with E-state index in [4.69, 9.17) is 0 Å². The molecule has 11 heteroatoms. The lowest BCUT2D eigenvalue weighted by Gasteiger charge is -2.42. The Morgan fingerprint density at radius 2 is 1.10 bits per heavy atom. The van der Waals surface area contributed by atoms with Gasteiger partial charge < -0.3 is 4.74 Å². The maximum Gasteiger partial charge on any atom is 0.460 e. The average Bonchev–Trinajstić information content (AvgIpc) is 2.21. The van der Waals surface area contributed by atoms with Gasteiger partial charge in [-0.1, -0.05) is 13.8 Å². The predicted molar refractivity (Wildman–Crippen MR) is 51.2 cm³/mol. The largest absolute Gasteiger partial charge is 0.460 e. The summed E-state index contributed by atoms with van der Waals surface area (Å²) in [5.74, 6) is -14.3. The summed E-state index contributed by atoms with van der Waals surface area (Å²) in [4.78, 5) is 0. The highest BCUT2D eigenvalue weighted by molar-refractivity contribution is 5.07. The second kappa shape index (κ2) is 5.47. The molecule has 0 aromatic rings. The van der Waals surface area contributed by atoms with Crippen molar-refractivity contribution in [3.63, 3.8) is 0 Å². The van der Waals surface area contributed by atoms with Gasteiger partial charge >= 0.3 is 24.2 Å². The first-order chi connectivity index (χ1) is 8.92. The molecule has 0 saturated carbocycles. The van der Waals surface area contributed by atoms with Crippen LogP contribution in [0.1, 0.15) is 20.8 Å². The van der Waals surface area contributed by atoms with Crippen molar-refractivity contribution >= 4 is 0 Å². The summed E-state index contributed by atoms with van der Waals surface area (Å²) in [7, 11) is 0. The molecule has 0 N–H and O–H groups in total. The number of ether oxygens (including phenoxy) is 1. The highest BCUT2D eigenvalue weighted by Crippen LogP contribution is 2.56. The summed E-state index contributed by atoms with van der Waals surface area (Å²) in [6, 6.07) is 0. The third-order valence-corrected chi connectivity index (χ3v) is 2.60. The number of hydrogen-bond donors (Lipinski definition) is 0. The molecule has 0 aliphatic carbocycles. The predicted octanol–water partition coefficient (Wildman–Crippen LogP) is 4.81. The summed E-state index contributed by atoms with van der Waals surface area (Å²) >= 11 is 0. The normalized spacial score (nSPS) is 18.0. The minimum absolute atomic E-state index is 0.533. The van der Waals surface area contributed by atoms with Crippen LogP contribution in [0.2, 0.25) is 0 Å². The first-order valence-corrected chi connectivity index (χ1v) is 5.45. The van der Waals surface area contributed by atoms with Gasteiger partial charge in [0.15, 0.2) is 0 Å². The molecule has 0 fully saturated rings. The Bertz CT molecular complexity index is 356. The SMILES string of the molecule is CC(C)COC(C)(C(F)(F)F)C(F)(F)C(F)(F)C(F)(F)F. The van der Waals surface area contributed by atoms with Gasteiger partial charge in [-0.25, -0.2) is 0 Å². The van der Waals surface area contributed by atoms with Crippen LogP contribution in [-0.2, 0) is 4.74 Å². The Balaban J connectivity index is 5.94. The fourth-order valence-electron chi connectivity index (χ4n) is 1.16. The third kappa shape index (κ3) is 3.37. The van der Waals surface area contributed by atoms with Gasteiger partial charge in [-0.3, -0.25) is 0 Å². The molecule has 0 aromatic heterocycles. The van der Waals surface area contributed by atoms with Crippen LogP contribution in [0.15, 0.2) is 0 Å². The molecule has 0 rings (SSSR count). The van der Waals surface area contributed by atoms with Crippen molar-refractivity contribution in [1.29, 1.82) is 0 Å². The summed E-state index contributed by atoms with van der Waals surface area (Å²) in [5.41, 5.74) is -5.00. The Kier molecular flexibility index (Phi) is 5.28. The van der Waals surface area contributed by atoms with E-state index >= 15 is 0 Å². The monoisotopic (exact) mass is 338 g/mol. The highest BCUT2D eigenvalue weighted by Gasteiger charge is 2.84. The molecule has 1 unspecified atom stereocenters. The molecule has 1 atom stereocenters. The van der Waals surface area contributed by atoms with Crippen LogP contribution in [0.4, 0.5) is 43.9 Å². The van der Waals surface area contributed by atoms with Gasteiger partial charge in [-0.05, 0) is 12.8 Å². The zero-order chi connectivity index (χ0) is 17.5. The minimum atomic E-state index is -6.92. The van der Waals surface area contributed by atoms with E-state index in [1.54, 1.807) is 0 Å². The van der Waals surface area contributed by atoms with Crippen molar-refractivity contribution in [2.45, 2.75) is 50.6 Å². The molecule has 0 spiro atoms. The van der Waals surface area contributed by atoms with E-state index in [1.807, 2.05) is 0 Å². The zero-order valence-electron chi connectivity index (χ0n) is 11.0. The van der Waals surface area contributed by atoms with Crippen LogP contribution in [0.5, 0.6) is 0 Å². The van der Waals surface area contributed by atoms with Crippen LogP contribution in [-0.4, -0.2) is 36.4 Å². The van der Waals surface area contributed by atoms with Crippen LogP contribution >= 0.6 is 0 Å². The van der Waals surface area contributed by atoms with Gasteiger partial charge in [0, 0.05) is 0 Å². The zero-order valence-corrected chi connectivity index (χ0v) is 11.0. The molecule has 21 heavy (non-hydrogen) atoms. The lowest BCUT2D eigenvalue weighted by Crippen LogP contribution is -2.69. The Morgan fingerprint density at radius 3 is 1.33 bits per heavy atom. The quantitative estimate of drug-likeness (QED) is 0.654. The molecule has 0 radical (unpaired) electrons. The van der Waals surface area contributed by atoms with Gasteiger partial charge in [0.1, 0.15) is 0 Å². The Labute approximate surface area is 113 Å². The molecule has 0 heterocycles. The topological polar surface area (TPSA) is 9.23 Å². The smallest absolute Gasteiger partial charge is 0.360 e. The Hall–Kier alpha value is -0.740. The molecule has 0 bridgehead atoms. The van der Waals surface area contributed by atoms with Crippen LogP contribution in [0, 0.1) is 5.92 Å². The van der Waals surface area contributed by atoms with Crippen molar-refractivity contribution in [2.75, 3.05) is 6.61 Å². The summed E-state index contributed by atoms with van der Waals surface area (Å²) in [6.07, 6.45) is -13.0. The van der Waals surface area contributed by atoms with Gasteiger partial charge in [0.05, 0.1) is 6.61 Å². The molecule has 0 saturated heterocycles. The van der Waals surface area contributed by atoms with E-state index in [-0.39, 0.29) is 0 Å². The standard InChI is InChI=1S/C10H12F10O/c1-5(2)4-21-6(3,9(15,16)17)7(11,12)8(13,14)10(18,19)20/h5H,4H2,1-3H3. The van der Waals surface area contributed by atoms with E-state index in [1.165, 1.54) is 13.8 Å². The van der Waals surface area contributed by atoms with Crippen LogP contribution in [0.25, 0.3) is 0 Å². The molecule has 0 aliphatic rings. The summed E-state index contributed by atoms with van der Waals surface area (Å²) in [6.45, 7) is 0.794. The molecule has 128 valence electrons. The van der Waals surface area contributed by atoms with Gasteiger partial charge in [-0.2, -0.15) is 43.9 Å². The lowest BCUT2D eigenvalue weighted by atomic mass is 9.90. The summed E-state index contributed by atoms with van der Waals surface area (Å²) < 4.78 is 130. The number of rotatable bonds is 5. The number of hydrogen-bond acceptors (Lipinski definition) is 1. The third-order valence-electron chi connectivity index (χ3n) is 2.60. The average molecular weight is 338 g/mol. The van der Waals surface area contributed by atoms with E-state index in [0.717, 1.165) is 0 Å². The molecule has 0 aromatic carbocycles. The number of alkyl halides is 10. The van der Waals surface area contributed by atoms with Crippen molar-refractivity contribution in [2.24, 2.45) is 5.92 Å². The van der Waals surface area contributed by atoms with Crippen molar-refractivity contribution in [3.8, 4) is 0 Å². The first kappa shape index (κ1) is 20.3. The first-order valence-electron chi connectivity index (χ1n) is 5.45. The fraction of sp³-hybridized carbons (Fsp3) is 1.00. The van der Waals surface area contributed by atoms with E-state index < -0.39 is 49.2 Å². The second-order valence-electron chi connectivity index (χ2n) is 4.88. The molecule has 1 nitrogen and oxygen atoms in total. The van der Waals surface area contributed by atoms with Crippen LogP contribution in [0.3, 0.4) is 0 Å². The number of halogens is 10. The fourth-order valence-corrected chi connectivity index (χ4v) is 1.16. The molecular weight excluding hydrogens is 326 g/mol. The molecular formula is C10H12F10O. The van der Waals surface area contributed by atoms with Gasteiger partial charge in [0.2, 0.25) is 5.60 Å². The van der Waals surface area contributed by atoms with Crippen molar-refractivity contribution in [1.82, 2.24) is 0 Å².